The summed E-state index contributed by atoms with van der Waals surface area (Å²) < 4.78 is 26.6. The number of likely N-dealkylation sites (tertiary alicyclic amines) is 2. The van der Waals surface area contributed by atoms with Gasteiger partial charge in [-0.3, -0.25) is 14.5 Å². The quantitative estimate of drug-likeness (QED) is 0.796. The second-order valence-electron chi connectivity index (χ2n) is 8.16. The van der Waals surface area contributed by atoms with Gasteiger partial charge in [0.15, 0.2) is 0 Å². The molecule has 5 nitrogen and oxygen atoms in total. The van der Waals surface area contributed by atoms with Gasteiger partial charge in [-0.05, 0) is 44.0 Å². The highest BCUT2D eigenvalue weighted by molar-refractivity contribution is 5.96. The maximum Gasteiger partial charge on any atom is 0.251 e. The third-order valence-electron chi connectivity index (χ3n) is 6.29. The van der Waals surface area contributed by atoms with Gasteiger partial charge in [0.1, 0.15) is 0 Å². The smallest absolute Gasteiger partial charge is 0.251 e. The summed E-state index contributed by atoms with van der Waals surface area (Å²) >= 11 is 0. The summed E-state index contributed by atoms with van der Waals surface area (Å²) in [5.41, 5.74) is 2.23. The van der Waals surface area contributed by atoms with Crippen molar-refractivity contribution in [2.75, 3.05) is 44.2 Å². The van der Waals surface area contributed by atoms with Crippen molar-refractivity contribution in [1.82, 2.24) is 9.80 Å². The number of hydrogen-bond acceptors (Lipinski definition) is 3. The Morgan fingerprint density at radius 2 is 1.68 bits per heavy atom. The molecule has 2 amide bonds. The van der Waals surface area contributed by atoms with Gasteiger partial charge >= 0.3 is 0 Å². The average molecular weight is 391 g/mol. The number of benzene rings is 1. The van der Waals surface area contributed by atoms with Gasteiger partial charge < -0.3 is 9.80 Å². The fourth-order valence-corrected chi connectivity index (χ4v) is 4.52. The second kappa shape index (κ2) is 7.78. The van der Waals surface area contributed by atoms with Gasteiger partial charge in [-0.2, -0.15) is 0 Å². The normalized spacial score (nSPS) is 22.9. The highest BCUT2D eigenvalue weighted by atomic mass is 19.3. The largest absolute Gasteiger partial charge is 0.342 e. The summed E-state index contributed by atoms with van der Waals surface area (Å²) in [5, 5.41) is 0. The molecule has 2 saturated heterocycles. The number of alkyl halides is 2. The molecular formula is C21H27F2N3O2. The first-order valence-corrected chi connectivity index (χ1v) is 10.2. The van der Waals surface area contributed by atoms with Crippen molar-refractivity contribution in [3.8, 4) is 0 Å². The molecule has 3 aliphatic heterocycles. The Kier molecular flexibility index (Phi) is 5.36. The maximum absolute atomic E-state index is 13.3. The number of fused-ring (bicyclic) bond motifs is 1. The molecule has 0 bridgehead atoms. The number of carbonyl (C=O) groups is 2. The molecule has 3 heterocycles. The molecule has 0 spiro atoms. The Bertz CT molecular complexity index is 737. The summed E-state index contributed by atoms with van der Waals surface area (Å²) in [6.07, 6.45) is 1.81. The van der Waals surface area contributed by atoms with Crippen LogP contribution in [0.5, 0.6) is 0 Å². The van der Waals surface area contributed by atoms with Gasteiger partial charge in [0.05, 0.1) is 6.54 Å². The number of hydrogen-bond donors (Lipinski definition) is 0. The minimum atomic E-state index is -2.63. The molecule has 2 fully saturated rings. The Morgan fingerprint density at radius 3 is 2.39 bits per heavy atom. The first-order chi connectivity index (χ1) is 13.4. The fraction of sp³-hybridized carbons (Fsp3) is 0.619. The number of nitrogens with zero attached hydrogens (tertiary/aromatic N) is 3. The van der Waals surface area contributed by atoms with E-state index >= 15 is 0 Å². The molecule has 4 rings (SSSR count). The summed E-state index contributed by atoms with van der Waals surface area (Å²) in [4.78, 5) is 30.9. The molecule has 7 heteroatoms. The Hall–Kier alpha value is -2.02. The van der Waals surface area contributed by atoms with E-state index in [0.29, 0.717) is 32.5 Å². The van der Waals surface area contributed by atoms with Crippen LogP contribution < -0.4 is 4.90 Å². The fourth-order valence-electron chi connectivity index (χ4n) is 4.52. The van der Waals surface area contributed by atoms with E-state index in [9.17, 15) is 18.4 Å². The second-order valence-corrected chi connectivity index (χ2v) is 8.16. The third-order valence-corrected chi connectivity index (χ3v) is 6.29. The maximum atomic E-state index is 13.3. The molecule has 1 aromatic carbocycles. The number of anilines is 1. The van der Waals surface area contributed by atoms with Crippen LogP contribution in [0, 0.1) is 5.92 Å². The van der Waals surface area contributed by atoms with E-state index in [1.807, 2.05) is 23.1 Å². The predicted molar refractivity (Wildman–Crippen MR) is 102 cm³/mol. The molecule has 3 aliphatic rings. The van der Waals surface area contributed by atoms with Crippen LogP contribution in [0.1, 0.15) is 31.2 Å². The molecule has 0 aromatic heterocycles. The molecule has 0 atom stereocenters. The van der Waals surface area contributed by atoms with E-state index in [1.165, 1.54) is 5.56 Å². The third kappa shape index (κ3) is 4.04. The number of amides is 2. The van der Waals surface area contributed by atoms with Crippen molar-refractivity contribution >= 4 is 17.5 Å². The first kappa shape index (κ1) is 19.3. The highest BCUT2D eigenvalue weighted by Crippen LogP contribution is 2.30. The van der Waals surface area contributed by atoms with Gasteiger partial charge in [-0.15, -0.1) is 0 Å². The summed E-state index contributed by atoms with van der Waals surface area (Å²) in [7, 11) is 0. The van der Waals surface area contributed by atoms with Crippen LogP contribution in [0.4, 0.5) is 14.5 Å². The Morgan fingerprint density at radius 1 is 1.00 bits per heavy atom. The number of piperidine rings is 2. The molecule has 0 radical (unpaired) electrons. The lowest BCUT2D eigenvalue weighted by atomic mass is 9.94. The van der Waals surface area contributed by atoms with Crippen LogP contribution in [0.3, 0.4) is 0 Å². The van der Waals surface area contributed by atoms with Crippen LogP contribution in [0.25, 0.3) is 0 Å². The van der Waals surface area contributed by atoms with E-state index in [1.54, 1.807) is 4.90 Å². The van der Waals surface area contributed by atoms with Gasteiger partial charge in [0.25, 0.3) is 5.92 Å². The molecule has 1 aromatic rings. The highest BCUT2D eigenvalue weighted by Gasteiger charge is 2.38. The van der Waals surface area contributed by atoms with Crippen molar-refractivity contribution in [1.29, 1.82) is 0 Å². The average Bonchev–Trinajstić information content (AvgIpc) is 3.12. The number of carbonyl (C=O) groups excluding carboxylic acids is 2. The van der Waals surface area contributed by atoms with Crippen LogP contribution in [0.2, 0.25) is 0 Å². The van der Waals surface area contributed by atoms with Crippen LogP contribution in [0.15, 0.2) is 24.3 Å². The van der Waals surface area contributed by atoms with E-state index in [2.05, 4.69) is 11.0 Å². The van der Waals surface area contributed by atoms with Gasteiger partial charge in [0.2, 0.25) is 11.8 Å². The molecular weight excluding hydrogens is 364 g/mol. The minimum Gasteiger partial charge on any atom is -0.342 e. The lowest BCUT2D eigenvalue weighted by molar-refractivity contribution is -0.143. The van der Waals surface area contributed by atoms with Gasteiger partial charge in [-0.25, -0.2) is 8.78 Å². The molecule has 0 N–H and O–H groups in total. The SMILES string of the molecule is O=C(C1CCN(CC(=O)N2CCc3ccccc32)CC1)N1CCC(F)(F)CC1. The first-order valence-electron chi connectivity index (χ1n) is 10.2. The lowest BCUT2D eigenvalue weighted by Crippen LogP contribution is -2.48. The van der Waals surface area contributed by atoms with Crippen LogP contribution >= 0.6 is 0 Å². The van der Waals surface area contributed by atoms with E-state index in [4.69, 9.17) is 0 Å². The molecule has 0 saturated carbocycles. The summed E-state index contributed by atoms with van der Waals surface area (Å²) in [5.74, 6) is -2.62. The zero-order valence-corrected chi connectivity index (χ0v) is 16.1. The van der Waals surface area contributed by atoms with Crippen molar-refractivity contribution in [2.24, 2.45) is 5.92 Å². The summed E-state index contributed by atoms with van der Waals surface area (Å²) in [6, 6.07) is 8.01. The van der Waals surface area contributed by atoms with Crippen molar-refractivity contribution in [2.45, 2.75) is 38.0 Å². The van der Waals surface area contributed by atoms with E-state index in [-0.39, 0.29) is 43.7 Å². The molecule has 28 heavy (non-hydrogen) atoms. The van der Waals surface area contributed by atoms with E-state index < -0.39 is 5.92 Å². The zero-order valence-electron chi connectivity index (χ0n) is 16.1. The molecule has 152 valence electrons. The van der Waals surface area contributed by atoms with E-state index in [0.717, 1.165) is 18.7 Å². The topological polar surface area (TPSA) is 43.9 Å². The number of rotatable bonds is 3. The van der Waals surface area contributed by atoms with Gasteiger partial charge in [-0.1, -0.05) is 18.2 Å². The predicted octanol–water partition coefficient (Wildman–Crippen LogP) is 2.55. The number of para-hydroxylation sites is 1. The van der Waals surface area contributed by atoms with Crippen molar-refractivity contribution < 1.29 is 18.4 Å². The minimum absolute atomic E-state index is 0.00921. The van der Waals surface area contributed by atoms with Crippen molar-refractivity contribution in [3.05, 3.63) is 29.8 Å². The van der Waals surface area contributed by atoms with Crippen molar-refractivity contribution in [3.63, 3.8) is 0 Å². The molecule has 0 aliphatic carbocycles. The Labute approximate surface area is 164 Å². The summed E-state index contributed by atoms with van der Waals surface area (Å²) in [6.45, 7) is 2.79. The van der Waals surface area contributed by atoms with Gasteiger partial charge in [0, 0.05) is 44.1 Å². The monoisotopic (exact) mass is 391 g/mol. The van der Waals surface area contributed by atoms with Crippen LogP contribution in [-0.2, 0) is 16.0 Å². The molecule has 0 unspecified atom stereocenters. The Balaban J connectivity index is 1.26. The van der Waals surface area contributed by atoms with Crippen LogP contribution in [-0.4, -0.2) is 66.8 Å². The zero-order chi connectivity index (χ0) is 19.7. The standard InChI is InChI=1S/C21H27F2N3O2/c22-21(23)8-13-25(14-9-21)20(28)17-5-10-24(11-6-17)15-19(27)26-12-7-16-3-1-2-4-18(16)26/h1-4,17H,5-15H2. The number of halogens is 2. The lowest BCUT2D eigenvalue weighted by Gasteiger charge is -2.37.